The van der Waals surface area contributed by atoms with E-state index in [4.69, 9.17) is 5.11 Å². The largest absolute Gasteiger partial charge is 0.393 e. The monoisotopic (exact) mass is 210 g/mol. The average Bonchev–Trinajstić information content (AvgIpc) is 2.01. The van der Waals surface area contributed by atoms with Crippen LogP contribution in [0.3, 0.4) is 0 Å². The van der Waals surface area contributed by atoms with Crippen LogP contribution < -0.4 is 4.72 Å². The van der Waals surface area contributed by atoms with Crippen molar-refractivity contribution in [3.63, 3.8) is 0 Å². The van der Waals surface area contributed by atoms with Gasteiger partial charge in [-0.05, 0) is 13.3 Å². The molecule has 0 saturated heterocycles. The van der Waals surface area contributed by atoms with Crippen LogP contribution in [0.25, 0.3) is 0 Å². The third-order valence-electron chi connectivity index (χ3n) is 1.70. The molecular formula is C7H18N2O3S. The van der Waals surface area contributed by atoms with Gasteiger partial charge < -0.3 is 5.11 Å². The maximum atomic E-state index is 11.3. The molecule has 1 unspecified atom stereocenters. The summed E-state index contributed by atoms with van der Waals surface area (Å²) >= 11 is 0. The van der Waals surface area contributed by atoms with Gasteiger partial charge in [0.1, 0.15) is 0 Å². The van der Waals surface area contributed by atoms with Crippen LogP contribution in [-0.2, 0) is 10.2 Å². The molecule has 0 aromatic rings. The summed E-state index contributed by atoms with van der Waals surface area (Å²) in [5.74, 6) is 0. The number of hydrogen-bond donors (Lipinski definition) is 2. The van der Waals surface area contributed by atoms with Gasteiger partial charge in [-0.25, -0.2) is 4.72 Å². The van der Waals surface area contributed by atoms with E-state index in [2.05, 4.69) is 4.72 Å². The first kappa shape index (κ1) is 12.8. The predicted molar refractivity (Wildman–Crippen MR) is 51.5 cm³/mol. The summed E-state index contributed by atoms with van der Waals surface area (Å²) in [7, 11) is -1.83. The molecule has 0 spiro atoms. The second-order valence-electron chi connectivity index (χ2n) is 2.95. The lowest BCUT2D eigenvalue weighted by Gasteiger charge is -2.15. The number of hydrogen-bond acceptors (Lipinski definition) is 3. The molecular weight excluding hydrogens is 192 g/mol. The molecule has 0 heterocycles. The molecule has 0 bridgehead atoms. The second kappa shape index (κ2) is 5.54. The molecule has 1 atom stereocenters. The number of nitrogens with zero attached hydrogens (tertiary/aromatic N) is 1. The summed E-state index contributed by atoms with van der Waals surface area (Å²) in [6.45, 7) is 4.08. The van der Waals surface area contributed by atoms with Crippen molar-refractivity contribution in [2.75, 3.05) is 20.1 Å². The smallest absolute Gasteiger partial charge is 0.279 e. The standard InChI is InChI=1S/C7H18N2O3S/c1-4-9(3)13(11,12)8-6-5-7(2)10/h7-8,10H,4-6H2,1-3H3. The fourth-order valence-corrected chi connectivity index (χ4v) is 1.61. The highest BCUT2D eigenvalue weighted by Crippen LogP contribution is 1.93. The minimum absolute atomic E-state index is 0.268. The van der Waals surface area contributed by atoms with Crippen LogP contribution in [0, 0.1) is 0 Å². The number of aliphatic hydroxyl groups is 1. The Hall–Kier alpha value is -0.170. The highest BCUT2D eigenvalue weighted by molar-refractivity contribution is 7.87. The Morgan fingerprint density at radius 3 is 2.46 bits per heavy atom. The lowest BCUT2D eigenvalue weighted by molar-refractivity contribution is 0.186. The molecule has 0 rings (SSSR count). The van der Waals surface area contributed by atoms with Crippen molar-refractivity contribution < 1.29 is 13.5 Å². The summed E-state index contributed by atoms with van der Waals surface area (Å²) < 4.78 is 26.1. The van der Waals surface area contributed by atoms with E-state index < -0.39 is 16.3 Å². The van der Waals surface area contributed by atoms with E-state index in [1.165, 1.54) is 11.4 Å². The number of aliphatic hydroxyl groups excluding tert-OH is 1. The van der Waals surface area contributed by atoms with Crippen LogP contribution in [-0.4, -0.2) is 44.1 Å². The predicted octanol–water partition coefficient (Wildman–Crippen LogP) is -0.457. The fourth-order valence-electron chi connectivity index (χ4n) is 0.677. The van der Waals surface area contributed by atoms with E-state index >= 15 is 0 Å². The third kappa shape index (κ3) is 5.20. The Morgan fingerprint density at radius 2 is 2.08 bits per heavy atom. The summed E-state index contributed by atoms with van der Waals surface area (Å²) in [6.07, 6.45) is -0.0498. The average molecular weight is 210 g/mol. The molecule has 0 radical (unpaired) electrons. The molecule has 0 saturated carbocycles. The molecule has 5 nitrogen and oxygen atoms in total. The minimum Gasteiger partial charge on any atom is -0.393 e. The van der Waals surface area contributed by atoms with Crippen molar-refractivity contribution in [1.82, 2.24) is 9.03 Å². The van der Waals surface area contributed by atoms with Crippen LogP contribution in [0.15, 0.2) is 0 Å². The zero-order valence-corrected chi connectivity index (χ0v) is 9.13. The van der Waals surface area contributed by atoms with Crippen LogP contribution in [0.1, 0.15) is 20.3 Å². The Bertz CT molecular complexity index is 226. The molecule has 80 valence electrons. The van der Waals surface area contributed by atoms with E-state index in [0.29, 0.717) is 13.0 Å². The molecule has 0 aromatic heterocycles. The summed E-state index contributed by atoms with van der Waals surface area (Å²) in [6, 6.07) is 0. The maximum absolute atomic E-state index is 11.3. The van der Waals surface area contributed by atoms with Crippen LogP contribution in [0.4, 0.5) is 0 Å². The first-order chi connectivity index (χ1) is 5.90. The van der Waals surface area contributed by atoms with Gasteiger partial charge in [0.2, 0.25) is 0 Å². The molecule has 0 amide bonds. The van der Waals surface area contributed by atoms with Crippen molar-refractivity contribution in [3.8, 4) is 0 Å². The molecule has 0 aliphatic carbocycles. The van der Waals surface area contributed by atoms with Crippen molar-refractivity contribution in [2.45, 2.75) is 26.4 Å². The van der Waals surface area contributed by atoms with Crippen LogP contribution in [0.5, 0.6) is 0 Å². The summed E-state index contributed by atoms with van der Waals surface area (Å²) in [5, 5.41) is 8.90. The van der Waals surface area contributed by atoms with Crippen LogP contribution >= 0.6 is 0 Å². The molecule has 0 aromatic carbocycles. The SMILES string of the molecule is CCN(C)S(=O)(=O)NCCC(C)O. The van der Waals surface area contributed by atoms with Gasteiger partial charge in [-0.15, -0.1) is 0 Å². The molecule has 0 fully saturated rings. The van der Waals surface area contributed by atoms with E-state index in [1.807, 2.05) is 0 Å². The fraction of sp³-hybridized carbons (Fsp3) is 1.00. The van der Waals surface area contributed by atoms with Gasteiger partial charge in [-0.1, -0.05) is 6.92 Å². The number of rotatable bonds is 6. The van der Waals surface area contributed by atoms with E-state index in [1.54, 1.807) is 13.8 Å². The molecule has 2 N–H and O–H groups in total. The Morgan fingerprint density at radius 1 is 1.54 bits per heavy atom. The Balaban J connectivity index is 3.91. The molecule has 0 aliphatic rings. The van der Waals surface area contributed by atoms with Crippen molar-refractivity contribution >= 4 is 10.2 Å². The normalized spacial score (nSPS) is 14.8. The second-order valence-corrected chi connectivity index (χ2v) is 4.81. The van der Waals surface area contributed by atoms with E-state index in [9.17, 15) is 8.42 Å². The van der Waals surface area contributed by atoms with Gasteiger partial charge in [0.05, 0.1) is 6.10 Å². The minimum atomic E-state index is -3.33. The molecule has 13 heavy (non-hydrogen) atoms. The van der Waals surface area contributed by atoms with Gasteiger partial charge in [0.25, 0.3) is 10.2 Å². The van der Waals surface area contributed by atoms with Gasteiger partial charge >= 0.3 is 0 Å². The van der Waals surface area contributed by atoms with Crippen molar-refractivity contribution in [2.24, 2.45) is 0 Å². The first-order valence-electron chi connectivity index (χ1n) is 4.29. The van der Waals surface area contributed by atoms with Gasteiger partial charge in [-0.2, -0.15) is 12.7 Å². The zero-order chi connectivity index (χ0) is 10.5. The molecule has 6 heteroatoms. The van der Waals surface area contributed by atoms with E-state index in [0.717, 1.165) is 0 Å². The van der Waals surface area contributed by atoms with Crippen LogP contribution in [0.2, 0.25) is 0 Å². The highest BCUT2D eigenvalue weighted by Gasteiger charge is 2.14. The van der Waals surface area contributed by atoms with Gasteiger partial charge in [0.15, 0.2) is 0 Å². The third-order valence-corrected chi connectivity index (χ3v) is 3.35. The summed E-state index contributed by atoms with van der Waals surface area (Å²) in [4.78, 5) is 0. The van der Waals surface area contributed by atoms with Crippen molar-refractivity contribution in [3.05, 3.63) is 0 Å². The van der Waals surface area contributed by atoms with Crippen molar-refractivity contribution in [1.29, 1.82) is 0 Å². The van der Waals surface area contributed by atoms with Gasteiger partial charge in [-0.3, -0.25) is 0 Å². The lowest BCUT2D eigenvalue weighted by Crippen LogP contribution is -2.39. The maximum Gasteiger partial charge on any atom is 0.279 e. The molecule has 0 aliphatic heterocycles. The van der Waals surface area contributed by atoms with Gasteiger partial charge in [0, 0.05) is 20.1 Å². The Kier molecular flexibility index (Phi) is 5.46. The highest BCUT2D eigenvalue weighted by atomic mass is 32.2. The first-order valence-corrected chi connectivity index (χ1v) is 5.73. The lowest BCUT2D eigenvalue weighted by atomic mass is 10.3. The Labute approximate surface area is 79.9 Å². The number of nitrogens with one attached hydrogen (secondary N) is 1. The summed E-state index contributed by atoms with van der Waals surface area (Å²) in [5.41, 5.74) is 0. The quantitative estimate of drug-likeness (QED) is 0.623. The topological polar surface area (TPSA) is 69.6 Å². The van der Waals surface area contributed by atoms with E-state index in [-0.39, 0.29) is 6.54 Å². The zero-order valence-electron chi connectivity index (χ0n) is 8.32.